The molecular weight excluding hydrogens is 505 g/mol. The van der Waals surface area contributed by atoms with E-state index in [2.05, 4.69) is 19.2 Å². The monoisotopic (exact) mass is 554 g/mol. The molecule has 9 heteroatoms. The Bertz CT molecular complexity index is 952. The van der Waals surface area contributed by atoms with Crippen molar-refractivity contribution < 1.29 is 22.8 Å². The number of nitrogens with zero attached hydrogens (tertiary/aromatic N) is 2. The van der Waals surface area contributed by atoms with Crippen LogP contribution in [0.4, 0.5) is 18.9 Å². The molecule has 0 aliphatic rings. The Kier molecular flexibility index (Phi) is 19.4. The second-order valence-corrected chi connectivity index (χ2v) is 8.96. The number of amides is 2. The molecule has 0 fully saturated rings. The van der Waals surface area contributed by atoms with E-state index in [9.17, 15) is 22.8 Å². The van der Waals surface area contributed by atoms with Gasteiger partial charge in [-0.05, 0) is 44.9 Å². The van der Waals surface area contributed by atoms with E-state index < -0.39 is 17.6 Å². The van der Waals surface area contributed by atoms with Crippen molar-refractivity contribution in [2.75, 3.05) is 31.6 Å². The normalized spacial score (nSPS) is 11.3. The fourth-order valence-electron chi connectivity index (χ4n) is 3.05. The van der Waals surface area contributed by atoms with Gasteiger partial charge in [0.15, 0.2) is 0 Å². The first-order valence-corrected chi connectivity index (χ1v) is 13.7. The van der Waals surface area contributed by atoms with E-state index in [-0.39, 0.29) is 48.5 Å². The molecule has 2 amide bonds. The highest BCUT2D eigenvalue weighted by atomic mass is 19.4. The van der Waals surface area contributed by atoms with Crippen LogP contribution in [0.15, 0.2) is 42.0 Å². The van der Waals surface area contributed by atoms with Gasteiger partial charge in [-0.15, -0.1) is 0 Å². The lowest BCUT2D eigenvalue weighted by Gasteiger charge is -2.29. The average Bonchev–Trinajstić information content (AvgIpc) is 2.89. The van der Waals surface area contributed by atoms with E-state index in [0.29, 0.717) is 5.57 Å². The summed E-state index contributed by atoms with van der Waals surface area (Å²) < 4.78 is 41.4. The largest absolute Gasteiger partial charge is 0.418 e. The van der Waals surface area contributed by atoms with Gasteiger partial charge in [0.1, 0.15) is 0 Å². The summed E-state index contributed by atoms with van der Waals surface area (Å²) in [5.74, 6) is -0.872. The lowest BCUT2D eigenvalue weighted by atomic mass is 10.1. The van der Waals surface area contributed by atoms with Crippen molar-refractivity contribution in [3.63, 3.8) is 0 Å². The van der Waals surface area contributed by atoms with Gasteiger partial charge in [-0.25, -0.2) is 0 Å². The highest BCUT2D eigenvalue weighted by Gasteiger charge is 2.35. The maximum absolute atomic E-state index is 13.8. The second kappa shape index (κ2) is 19.9. The van der Waals surface area contributed by atoms with E-state index in [1.165, 1.54) is 41.7 Å². The average molecular weight is 555 g/mol. The first kappa shape index (κ1) is 38.0. The number of allylic oxidation sites excluding steroid dienone is 2. The van der Waals surface area contributed by atoms with Crippen molar-refractivity contribution in [2.45, 2.75) is 81.3 Å². The minimum Gasteiger partial charge on any atom is -0.370 e. The second-order valence-electron chi connectivity index (χ2n) is 8.96. The zero-order valence-electron chi connectivity index (χ0n) is 25.4. The zero-order valence-corrected chi connectivity index (χ0v) is 25.4. The molecule has 0 radical (unpaired) electrons. The SMILES string of the molecule is C/C=C(\C=C/C(C)C)C(=O)N(C)CCN(CC)c1ccc(C(=O)NC(C)=N)cc1C(F)(F)F.CC.CCCC. The maximum Gasteiger partial charge on any atom is 0.418 e. The number of amidine groups is 1. The Hall–Kier alpha value is -3.10. The van der Waals surface area contributed by atoms with Crippen molar-refractivity contribution in [1.29, 1.82) is 5.41 Å². The third-order valence-electron chi connectivity index (χ3n) is 5.36. The third kappa shape index (κ3) is 14.6. The topological polar surface area (TPSA) is 76.5 Å². The van der Waals surface area contributed by atoms with Gasteiger partial charge >= 0.3 is 6.18 Å². The first-order chi connectivity index (χ1) is 18.2. The first-order valence-electron chi connectivity index (χ1n) is 13.7. The molecule has 0 spiro atoms. The van der Waals surface area contributed by atoms with E-state index in [4.69, 9.17) is 5.41 Å². The number of benzene rings is 1. The molecule has 0 atom stereocenters. The molecule has 6 nitrogen and oxygen atoms in total. The number of hydrogen-bond acceptors (Lipinski definition) is 4. The quantitative estimate of drug-likeness (QED) is 0.135. The van der Waals surface area contributed by atoms with Crippen LogP contribution in [-0.4, -0.2) is 49.2 Å². The van der Waals surface area contributed by atoms with Gasteiger partial charge in [-0.3, -0.25) is 15.0 Å². The minimum absolute atomic E-state index is 0.0695. The molecule has 0 saturated heterocycles. The smallest absolute Gasteiger partial charge is 0.370 e. The van der Waals surface area contributed by atoms with Crippen LogP contribution in [-0.2, 0) is 11.0 Å². The Morgan fingerprint density at radius 1 is 1.08 bits per heavy atom. The van der Waals surface area contributed by atoms with Crippen molar-refractivity contribution in [3.8, 4) is 0 Å². The molecule has 0 unspecified atom stereocenters. The zero-order chi connectivity index (χ0) is 30.8. The lowest BCUT2D eigenvalue weighted by Crippen LogP contribution is -2.37. The van der Waals surface area contributed by atoms with Crippen molar-refractivity contribution in [3.05, 3.63) is 53.1 Å². The van der Waals surface area contributed by atoms with Crippen LogP contribution in [0.3, 0.4) is 0 Å². The van der Waals surface area contributed by atoms with E-state index in [1.807, 2.05) is 33.8 Å². The Balaban J connectivity index is 0. The molecule has 0 aliphatic carbocycles. The summed E-state index contributed by atoms with van der Waals surface area (Å²) in [5.41, 5.74) is -0.680. The summed E-state index contributed by atoms with van der Waals surface area (Å²) in [7, 11) is 1.61. The van der Waals surface area contributed by atoms with Crippen LogP contribution in [0.1, 0.15) is 91.1 Å². The molecule has 0 saturated carbocycles. The lowest BCUT2D eigenvalue weighted by molar-refractivity contribution is -0.137. The summed E-state index contributed by atoms with van der Waals surface area (Å²) in [4.78, 5) is 27.8. The number of rotatable bonds is 10. The fourth-order valence-corrected chi connectivity index (χ4v) is 3.05. The number of halogens is 3. The molecular formula is C30H49F3N4O2. The highest BCUT2D eigenvalue weighted by molar-refractivity contribution is 6.05. The maximum atomic E-state index is 13.8. The number of alkyl halides is 3. The van der Waals surface area contributed by atoms with Crippen LogP contribution in [0.2, 0.25) is 0 Å². The number of likely N-dealkylation sites (N-methyl/N-ethyl adjacent to an activating group) is 2. The Morgan fingerprint density at radius 2 is 1.64 bits per heavy atom. The number of unbranched alkanes of at least 4 members (excludes halogenated alkanes) is 1. The van der Waals surface area contributed by atoms with Crippen LogP contribution >= 0.6 is 0 Å². The summed E-state index contributed by atoms with van der Waals surface area (Å²) in [6.45, 7) is 17.8. The molecule has 0 aromatic heterocycles. The number of carbonyl (C=O) groups excluding carboxylic acids is 2. The Labute approximate surface area is 233 Å². The molecule has 2 N–H and O–H groups in total. The molecule has 0 bridgehead atoms. The van der Waals surface area contributed by atoms with Crippen molar-refractivity contribution >= 4 is 23.3 Å². The Morgan fingerprint density at radius 3 is 2.05 bits per heavy atom. The summed E-state index contributed by atoms with van der Waals surface area (Å²) in [5, 5.41) is 9.50. The van der Waals surface area contributed by atoms with Gasteiger partial charge < -0.3 is 15.1 Å². The van der Waals surface area contributed by atoms with Gasteiger partial charge in [0.05, 0.1) is 11.4 Å². The third-order valence-corrected chi connectivity index (χ3v) is 5.36. The summed E-state index contributed by atoms with van der Waals surface area (Å²) in [6.07, 6.45) is 3.33. The summed E-state index contributed by atoms with van der Waals surface area (Å²) in [6, 6.07) is 3.35. The van der Waals surface area contributed by atoms with E-state index in [0.717, 1.165) is 6.07 Å². The molecule has 0 aliphatic heterocycles. The van der Waals surface area contributed by atoms with Crippen LogP contribution < -0.4 is 10.2 Å². The molecule has 1 aromatic carbocycles. The number of carbonyl (C=O) groups is 2. The van der Waals surface area contributed by atoms with Gasteiger partial charge in [-0.1, -0.05) is 72.6 Å². The van der Waals surface area contributed by atoms with Crippen LogP contribution in [0.25, 0.3) is 0 Å². The van der Waals surface area contributed by atoms with Gasteiger partial charge in [0.2, 0.25) is 0 Å². The summed E-state index contributed by atoms with van der Waals surface area (Å²) >= 11 is 0. The number of nitrogens with one attached hydrogen (secondary N) is 2. The number of anilines is 1. The van der Waals surface area contributed by atoms with Gasteiger partial charge in [-0.2, -0.15) is 13.2 Å². The number of hydrogen-bond donors (Lipinski definition) is 2. The predicted octanol–water partition coefficient (Wildman–Crippen LogP) is 7.71. The highest BCUT2D eigenvalue weighted by Crippen LogP contribution is 2.37. The molecule has 1 rings (SSSR count). The molecule has 222 valence electrons. The standard InChI is InChI=1S/C24H33F3N4O2.C4H10.C2H6/c1-7-18(10-9-16(3)4)23(33)30(6)13-14-31(8-2)21-12-11-19(22(32)29-17(5)28)15-20(21)24(25,26)27;1-3-4-2;1-2/h7,9-12,15-16H,8,13-14H2,1-6H3,(H2,28,29,32);3-4H2,1-2H3;1-2H3/b10-9-,18-7+;;. The molecule has 39 heavy (non-hydrogen) atoms. The molecule has 0 heterocycles. The van der Waals surface area contributed by atoms with Gasteiger partial charge in [0, 0.05) is 43.5 Å². The fraction of sp³-hybridized carbons (Fsp3) is 0.567. The van der Waals surface area contributed by atoms with Crippen molar-refractivity contribution in [2.24, 2.45) is 5.92 Å². The predicted molar refractivity (Wildman–Crippen MR) is 157 cm³/mol. The molecule has 1 aromatic rings. The van der Waals surface area contributed by atoms with Crippen LogP contribution in [0.5, 0.6) is 0 Å². The van der Waals surface area contributed by atoms with Crippen LogP contribution in [0, 0.1) is 11.3 Å². The van der Waals surface area contributed by atoms with E-state index >= 15 is 0 Å². The van der Waals surface area contributed by atoms with E-state index in [1.54, 1.807) is 33.0 Å². The van der Waals surface area contributed by atoms with Crippen molar-refractivity contribution in [1.82, 2.24) is 10.2 Å². The van der Waals surface area contributed by atoms with Gasteiger partial charge in [0.25, 0.3) is 11.8 Å². The minimum atomic E-state index is -4.68.